The fraction of sp³-hybridized carbons (Fsp3) is 0.0714. The summed E-state index contributed by atoms with van der Waals surface area (Å²) < 4.78 is 19.5. The number of hydrogen-bond donors (Lipinski definition) is 1. The van der Waals surface area contributed by atoms with E-state index in [1.165, 1.54) is 18.2 Å². The summed E-state index contributed by atoms with van der Waals surface area (Å²) in [6, 6.07) is 9.09. The number of amides is 1. The fourth-order valence-electron chi connectivity index (χ4n) is 1.61. The highest BCUT2D eigenvalue weighted by atomic mass is 79.9. The van der Waals surface area contributed by atoms with Crippen molar-refractivity contribution in [3.05, 3.63) is 56.7 Å². The van der Waals surface area contributed by atoms with Crippen LogP contribution in [0.25, 0.3) is 0 Å². The zero-order chi connectivity index (χ0) is 14.7. The molecule has 0 saturated carbocycles. The van der Waals surface area contributed by atoms with Gasteiger partial charge in [0.15, 0.2) is 0 Å². The number of ether oxygens (including phenoxy) is 1. The summed E-state index contributed by atoms with van der Waals surface area (Å²) in [4.78, 5) is 12.1. The van der Waals surface area contributed by atoms with E-state index in [0.29, 0.717) is 15.9 Å². The highest BCUT2D eigenvalue weighted by Gasteiger charge is 2.12. The first-order valence-corrected chi connectivity index (χ1v) is 7.20. The first-order valence-electron chi connectivity index (χ1n) is 5.61. The number of rotatable bonds is 3. The second-order valence-corrected chi connectivity index (χ2v) is 5.64. The smallest absolute Gasteiger partial charge is 0.256 e. The minimum atomic E-state index is -0.464. The summed E-state index contributed by atoms with van der Waals surface area (Å²) in [5, 5.41) is 2.70. The molecule has 2 aromatic carbocycles. The van der Waals surface area contributed by atoms with Crippen molar-refractivity contribution in [2.45, 2.75) is 0 Å². The Bertz CT molecular complexity index is 662. The monoisotopic (exact) mass is 401 g/mol. The number of carbonyl (C=O) groups excluding carboxylic acids is 1. The quantitative estimate of drug-likeness (QED) is 0.813. The standard InChI is InChI=1S/C14H10Br2FNO2/c1-20-13-5-3-9(7-12(13)16)18-14(19)10-6-8(17)2-4-11(10)15/h2-7H,1H3,(H,18,19). The largest absolute Gasteiger partial charge is 0.496 e. The van der Waals surface area contributed by atoms with E-state index in [-0.39, 0.29) is 5.56 Å². The van der Waals surface area contributed by atoms with Crippen LogP contribution in [0.2, 0.25) is 0 Å². The molecule has 0 aliphatic rings. The maximum Gasteiger partial charge on any atom is 0.256 e. The number of halogens is 3. The molecule has 2 aromatic rings. The topological polar surface area (TPSA) is 38.3 Å². The van der Waals surface area contributed by atoms with Crippen molar-refractivity contribution in [2.24, 2.45) is 0 Å². The number of benzene rings is 2. The van der Waals surface area contributed by atoms with E-state index >= 15 is 0 Å². The molecule has 0 saturated heterocycles. The lowest BCUT2D eigenvalue weighted by atomic mass is 10.2. The van der Waals surface area contributed by atoms with Crippen LogP contribution in [0.1, 0.15) is 10.4 Å². The van der Waals surface area contributed by atoms with Crippen molar-refractivity contribution in [1.82, 2.24) is 0 Å². The fourth-order valence-corrected chi connectivity index (χ4v) is 2.58. The number of nitrogens with one attached hydrogen (secondary N) is 1. The van der Waals surface area contributed by atoms with Gasteiger partial charge in [-0.1, -0.05) is 0 Å². The Morgan fingerprint density at radius 2 is 1.90 bits per heavy atom. The van der Waals surface area contributed by atoms with Gasteiger partial charge < -0.3 is 10.1 Å². The van der Waals surface area contributed by atoms with E-state index in [9.17, 15) is 9.18 Å². The van der Waals surface area contributed by atoms with E-state index < -0.39 is 11.7 Å². The SMILES string of the molecule is COc1ccc(NC(=O)c2cc(F)ccc2Br)cc1Br. The molecule has 0 aliphatic heterocycles. The number of carbonyl (C=O) groups is 1. The van der Waals surface area contributed by atoms with Gasteiger partial charge in [0.05, 0.1) is 17.1 Å². The normalized spacial score (nSPS) is 10.2. The van der Waals surface area contributed by atoms with Gasteiger partial charge in [0.1, 0.15) is 11.6 Å². The maximum atomic E-state index is 13.2. The number of methoxy groups -OCH3 is 1. The molecule has 6 heteroatoms. The Morgan fingerprint density at radius 3 is 2.55 bits per heavy atom. The van der Waals surface area contributed by atoms with Crippen LogP contribution in [0.3, 0.4) is 0 Å². The Hall–Kier alpha value is -1.40. The first-order chi connectivity index (χ1) is 9.51. The van der Waals surface area contributed by atoms with Gasteiger partial charge in [-0.05, 0) is 68.3 Å². The van der Waals surface area contributed by atoms with Gasteiger partial charge in [-0.15, -0.1) is 0 Å². The molecule has 0 atom stereocenters. The molecule has 20 heavy (non-hydrogen) atoms. The minimum absolute atomic E-state index is 0.233. The molecule has 0 heterocycles. The van der Waals surface area contributed by atoms with Crippen molar-refractivity contribution < 1.29 is 13.9 Å². The molecule has 1 N–H and O–H groups in total. The van der Waals surface area contributed by atoms with Gasteiger partial charge in [0, 0.05) is 10.2 Å². The lowest BCUT2D eigenvalue weighted by Crippen LogP contribution is -2.13. The van der Waals surface area contributed by atoms with Crippen LogP contribution in [0, 0.1) is 5.82 Å². The van der Waals surface area contributed by atoms with Crippen molar-refractivity contribution in [2.75, 3.05) is 12.4 Å². The second-order valence-electron chi connectivity index (χ2n) is 3.93. The van der Waals surface area contributed by atoms with Crippen LogP contribution in [-0.2, 0) is 0 Å². The van der Waals surface area contributed by atoms with E-state index in [1.54, 1.807) is 25.3 Å². The Labute approximate surface area is 132 Å². The highest BCUT2D eigenvalue weighted by Crippen LogP contribution is 2.28. The molecule has 2 rings (SSSR count). The van der Waals surface area contributed by atoms with E-state index in [1.807, 2.05) is 0 Å². The maximum absolute atomic E-state index is 13.2. The average Bonchev–Trinajstić information content (AvgIpc) is 2.41. The van der Waals surface area contributed by atoms with Gasteiger partial charge in [-0.2, -0.15) is 0 Å². The summed E-state index contributed by atoms with van der Waals surface area (Å²) in [5.41, 5.74) is 0.816. The summed E-state index contributed by atoms with van der Waals surface area (Å²) >= 11 is 6.56. The summed E-state index contributed by atoms with van der Waals surface area (Å²) in [6.07, 6.45) is 0. The predicted octanol–water partition coefficient (Wildman–Crippen LogP) is 4.61. The molecule has 0 unspecified atom stereocenters. The third kappa shape index (κ3) is 3.37. The van der Waals surface area contributed by atoms with Crippen LogP contribution >= 0.6 is 31.9 Å². The predicted molar refractivity (Wildman–Crippen MR) is 82.7 cm³/mol. The number of hydrogen-bond acceptors (Lipinski definition) is 2. The average molecular weight is 403 g/mol. The molecule has 3 nitrogen and oxygen atoms in total. The van der Waals surface area contributed by atoms with Crippen LogP contribution in [0.5, 0.6) is 5.75 Å². The third-order valence-electron chi connectivity index (χ3n) is 2.58. The molecule has 0 aromatic heterocycles. The zero-order valence-electron chi connectivity index (χ0n) is 10.4. The summed E-state index contributed by atoms with van der Waals surface area (Å²) in [7, 11) is 1.56. The molecular formula is C14H10Br2FNO2. The Morgan fingerprint density at radius 1 is 1.15 bits per heavy atom. The van der Waals surface area contributed by atoms with Crippen molar-refractivity contribution in [3.8, 4) is 5.75 Å². The van der Waals surface area contributed by atoms with Gasteiger partial charge >= 0.3 is 0 Å². The van der Waals surface area contributed by atoms with E-state index in [0.717, 1.165) is 4.47 Å². The Kier molecular flexibility index (Phi) is 4.77. The summed E-state index contributed by atoms with van der Waals surface area (Å²) in [5.74, 6) is -0.197. The lowest BCUT2D eigenvalue weighted by Gasteiger charge is -2.09. The van der Waals surface area contributed by atoms with Crippen molar-refractivity contribution in [3.63, 3.8) is 0 Å². The molecule has 1 amide bonds. The van der Waals surface area contributed by atoms with Crippen molar-refractivity contribution in [1.29, 1.82) is 0 Å². The van der Waals surface area contributed by atoms with Gasteiger partial charge in [0.25, 0.3) is 5.91 Å². The lowest BCUT2D eigenvalue weighted by molar-refractivity contribution is 0.102. The second kappa shape index (κ2) is 6.37. The van der Waals surface area contributed by atoms with E-state index in [2.05, 4.69) is 37.2 Å². The molecule has 0 bridgehead atoms. The minimum Gasteiger partial charge on any atom is -0.496 e. The van der Waals surface area contributed by atoms with Crippen LogP contribution in [0.15, 0.2) is 45.3 Å². The third-order valence-corrected chi connectivity index (χ3v) is 3.89. The first kappa shape index (κ1) is 15.0. The van der Waals surface area contributed by atoms with E-state index in [4.69, 9.17) is 4.74 Å². The molecule has 0 aliphatic carbocycles. The molecule has 0 radical (unpaired) electrons. The van der Waals surface area contributed by atoms with Crippen LogP contribution in [-0.4, -0.2) is 13.0 Å². The van der Waals surface area contributed by atoms with Gasteiger partial charge in [-0.3, -0.25) is 4.79 Å². The molecule has 104 valence electrons. The van der Waals surface area contributed by atoms with Gasteiger partial charge in [-0.25, -0.2) is 4.39 Å². The zero-order valence-corrected chi connectivity index (χ0v) is 13.6. The Balaban J connectivity index is 2.23. The molecule has 0 spiro atoms. The highest BCUT2D eigenvalue weighted by molar-refractivity contribution is 9.10. The number of anilines is 1. The molecular weight excluding hydrogens is 393 g/mol. The summed E-state index contributed by atoms with van der Waals surface area (Å²) in [6.45, 7) is 0. The van der Waals surface area contributed by atoms with Crippen molar-refractivity contribution >= 4 is 43.5 Å². The van der Waals surface area contributed by atoms with Crippen LogP contribution in [0.4, 0.5) is 10.1 Å². The van der Waals surface area contributed by atoms with Crippen LogP contribution < -0.4 is 10.1 Å². The van der Waals surface area contributed by atoms with Gasteiger partial charge in [0.2, 0.25) is 0 Å². The molecule has 0 fully saturated rings.